The fraction of sp³-hybridized carbons (Fsp3) is 1.00. The van der Waals surface area contributed by atoms with Crippen LogP contribution in [0.3, 0.4) is 0 Å². The van der Waals surface area contributed by atoms with Gasteiger partial charge in [-0.25, -0.2) is 0 Å². The highest BCUT2D eigenvalue weighted by Crippen LogP contribution is 2.32. The van der Waals surface area contributed by atoms with Crippen molar-refractivity contribution in [2.24, 2.45) is 5.73 Å². The lowest BCUT2D eigenvalue weighted by atomic mass is 9.80. The Bertz CT molecular complexity index is 208. The van der Waals surface area contributed by atoms with Crippen molar-refractivity contribution in [3.63, 3.8) is 0 Å². The molecule has 0 aromatic rings. The fourth-order valence-corrected chi connectivity index (χ4v) is 3.39. The van der Waals surface area contributed by atoms with Gasteiger partial charge in [-0.15, -0.1) is 0 Å². The lowest BCUT2D eigenvalue weighted by Gasteiger charge is -2.46. The second kappa shape index (κ2) is 8.13. The van der Waals surface area contributed by atoms with Crippen LogP contribution in [-0.2, 0) is 0 Å². The Labute approximate surface area is 114 Å². The Kier molecular flexibility index (Phi) is 7.20. The molecule has 1 rings (SSSR count). The first-order chi connectivity index (χ1) is 8.72. The zero-order chi connectivity index (χ0) is 13.4. The van der Waals surface area contributed by atoms with Gasteiger partial charge in [0.25, 0.3) is 0 Å². The Morgan fingerprint density at radius 1 is 0.889 bits per heavy atom. The summed E-state index contributed by atoms with van der Waals surface area (Å²) < 4.78 is 0. The molecule has 1 saturated carbocycles. The third-order valence-electron chi connectivity index (χ3n) is 4.80. The van der Waals surface area contributed by atoms with E-state index in [4.69, 9.17) is 5.73 Å². The molecule has 0 aromatic carbocycles. The average Bonchev–Trinajstić information content (AvgIpc) is 2.44. The summed E-state index contributed by atoms with van der Waals surface area (Å²) in [4.78, 5) is 5.17. The molecule has 0 aliphatic heterocycles. The molecule has 0 saturated heterocycles. The lowest BCUT2D eigenvalue weighted by molar-refractivity contribution is 0.0528. The third kappa shape index (κ3) is 3.94. The van der Waals surface area contributed by atoms with Gasteiger partial charge in [-0.3, -0.25) is 4.90 Å². The van der Waals surface area contributed by atoms with Crippen LogP contribution in [-0.4, -0.2) is 54.6 Å². The number of hydrogen-bond donors (Lipinski definition) is 1. The normalized spacial score (nSPS) is 19.7. The lowest BCUT2D eigenvalue weighted by Crippen LogP contribution is -2.56. The van der Waals surface area contributed by atoms with Crippen molar-refractivity contribution >= 4 is 0 Å². The van der Waals surface area contributed by atoms with Crippen molar-refractivity contribution in [2.45, 2.75) is 58.4 Å². The number of nitrogens with two attached hydrogens (primary N) is 1. The van der Waals surface area contributed by atoms with Crippen molar-refractivity contribution in [1.82, 2.24) is 9.80 Å². The van der Waals surface area contributed by atoms with Crippen LogP contribution >= 0.6 is 0 Å². The molecule has 1 fully saturated rings. The van der Waals surface area contributed by atoms with Gasteiger partial charge in [0.05, 0.1) is 0 Å². The van der Waals surface area contributed by atoms with Crippen molar-refractivity contribution in [3.8, 4) is 0 Å². The summed E-state index contributed by atoms with van der Waals surface area (Å²) in [6, 6.07) is 0. The molecular formula is C15H33N3. The number of rotatable bonds is 8. The van der Waals surface area contributed by atoms with E-state index in [9.17, 15) is 0 Å². The maximum absolute atomic E-state index is 6.13. The van der Waals surface area contributed by atoms with Gasteiger partial charge >= 0.3 is 0 Å². The predicted molar refractivity (Wildman–Crippen MR) is 79.9 cm³/mol. The van der Waals surface area contributed by atoms with E-state index in [-0.39, 0.29) is 0 Å². The summed E-state index contributed by atoms with van der Waals surface area (Å²) in [7, 11) is 0. The zero-order valence-electron chi connectivity index (χ0n) is 12.7. The van der Waals surface area contributed by atoms with Crippen LogP contribution < -0.4 is 5.73 Å². The minimum Gasteiger partial charge on any atom is -0.329 e. The highest BCUT2D eigenvalue weighted by molar-refractivity contribution is 4.94. The van der Waals surface area contributed by atoms with Gasteiger partial charge in [-0.1, -0.05) is 40.0 Å². The van der Waals surface area contributed by atoms with E-state index in [1.165, 1.54) is 45.2 Å². The molecule has 3 nitrogen and oxygen atoms in total. The van der Waals surface area contributed by atoms with E-state index in [2.05, 4.69) is 30.6 Å². The first-order valence-corrected chi connectivity index (χ1v) is 7.89. The van der Waals surface area contributed by atoms with E-state index in [0.717, 1.165) is 26.2 Å². The van der Waals surface area contributed by atoms with Crippen LogP contribution in [0.15, 0.2) is 0 Å². The molecule has 1 aliphatic carbocycles. The Hall–Kier alpha value is -0.120. The highest BCUT2D eigenvalue weighted by Gasteiger charge is 2.35. The van der Waals surface area contributed by atoms with E-state index in [1.807, 2.05) is 0 Å². The van der Waals surface area contributed by atoms with Gasteiger partial charge in [-0.2, -0.15) is 0 Å². The second-order valence-electron chi connectivity index (χ2n) is 5.60. The van der Waals surface area contributed by atoms with Gasteiger partial charge < -0.3 is 10.6 Å². The molecule has 0 spiro atoms. The summed E-state index contributed by atoms with van der Waals surface area (Å²) in [5.74, 6) is 0. The van der Waals surface area contributed by atoms with Crippen LogP contribution in [0.4, 0.5) is 0 Å². The van der Waals surface area contributed by atoms with E-state index < -0.39 is 0 Å². The van der Waals surface area contributed by atoms with E-state index >= 15 is 0 Å². The van der Waals surface area contributed by atoms with Crippen molar-refractivity contribution in [1.29, 1.82) is 0 Å². The quantitative estimate of drug-likeness (QED) is 0.722. The number of nitrogens with zero attached hydrogens (tertiary/aromatic N) is 2. The topological polar surface area (TPSA) is 32.5 Å². The first kappa shape index (κ1) is 15.9. The summed E-state index contributed by atoms with van der Waals surface area (Å²) in [5, 5.41) is 0. The summed E-state index contributed by atoms with van der Waals surface area (Å²) >= 11 is 0. The molecule has 0 radical (unpaired) electrons. The SMILES string of the molecule is CCN(CC)CCN(CC)C1(CN)CCCCC1. The molecule has 0 amide bonds. The minimum absolute atomic E-state index is 0.306. The van der Waals surface area contributed by atoms with Gasteiger partial charge in [0.1, 0.15) is 0 Å². The average molecular weight is 255 g/mol. The number of hydrogen-bond acceptors (Lipinski definition) is 3. The summed E-state index contributed by atoms with van der Waals surface area (Å²) in [6.45, 7) is 13.4. The maximum Gasteiger partial charge on any atom is 0.0332 e. The van der Waals surface area contributed by atoms with Crippen molar-refractivity contribution in [3.05, 3.63) is 0 Å². The molecule has 3 heteroatoms. The van der Waals surface area contributed by atoms with E-state index in [1.54, 1.807) is 0 Å². The van der Waals surface area contributed by atoms with Crippen LogP contribution in [0, 0.1) is 0 Å². The largest absolute Gasteiger partial charge is 0.329 e. The number of likely N-dealkylation sites (N-methyl/N-ethyl adjacent to an activating group) is 2. The molecule has 18 heavy (non-hydrogen) atoms. The van der Waals surface area contributed by atoms with E-state index in [0.29, 0.717) is 5.54 Å². The smallest absolute Gasteiger partial charge is 0.0332 e. The van der Waals surface area contributed by atoms with Crippen LogP contribution in [0.5, 0.6) is 0 Å². The Balaban J connectivity index is 2.56. The molecule has 1 aliphatic rings. The van der Waals surface area contributed by atoms with Crippen LogP contribution in [0.2, 0.25) is 0 Å². The monoisotopic (exact) mass is 255 g/mol. The summed E-state index contributed by atoms with van der Waals surface area (Å²) in [5.41, 5.74) is 6.44. The maximum atomic E-state index is 6.13. The molecule has 0 heterocycles. The van der Waals surface area contributed by atoms with Crippen molar-refractivity contribution < 1.29 is 0 Å². The van der Waals surface area contributed by atoms with Crippen molar-refractivity contribution in [2.75, 3.05) is 39.3 Å². The standard InChI is InChI=1S/C15H33N3/c1-4-17(5-2)12-13-18(6-3)15(14-16)10-8-7-9-11-15/h4-14,16H2,1-3H3. The Morgan fingerprint density at radius 2 is 1.50 bits per heavy atom. The highest BCUT2D eigenvalue weighted by atomic mass is 15.2. The molecule has 0 atom stereocenters. The molecule has 2 N–H and O–H groups in total. The third-order valence-corrected chi connectivity index (χ3v) is 4.80. The minimum atomic E-state index is 0.306. The zero-order valence-corrected chi connectivity index (χ0v) is 12.7. The summed E-state index contributed by atoms with van der Waals surface area (Å²) in [6.07, 6.45) is 6.72. The Morgan fingerprint density at radius 3 is 1.94 bits per heavy atom. The molecule has 0 aromatic heterocycles. The van der Waals surface area contributed by atoms with Gasteiger partial charge in [-0.05, 0) is 32.5 Å². The molecule has 108 valence electrons. The van der Waals surface area contributed by atoms with Gasteiger partial charge in [0, 0.05) is 25.2 Å². The van der Waals surface area contributed by atoms with Gasteiger partial charge in [0.2, 0.25) is 0 Å². The predicted octanol–water partition coefficient (Wildman–Crippen LogP) is 2.31. The van der Waals surface area contributed by atoms with Crippen LogP contribution in [0.25, 0.3) is 0 Å². The molecule has 0 unspecified atom stereocenters. The fourth-order valence-electron chi connectivity index (χ4n) is 3.39. The first-order valence-electron chi connectivity index (χ1n) is 7.89. The molecule has 0 bridgehead atoms. The second-order valence-corrected chi connectivity index (χ2v) is 5.60. The van der Waals surface area contributed by atoms with Crippen LogP contribution in [0.1, 0.15) is 52.9 Å². The molecular weight excluding hydrogens is 222 g/mol. The van der Waals surface area contributed by atoms with Gasteiger partial charge in [0.15, 0.2) is 0 Å².